The number of benzene rings is 1. The van der Waals surface area contributed by atoms with E-state index < -0.39 is 9.84 Å². The van der Waals surface area contributed by atoms with Crippen LogP contribution in [0.1, 0.15) is 40.0 Å². The predicted molar refractivity (Wildman–Crippen MR) is 76.8 cm³/mol. The first-order valence-corrected chi connectivity index (χ1v) is 8.24. The second-order valence-electron chi connectivity index (χ2n) is 4.65. The molecule has 0 aromatic heterocycles. The molecule has 1 N–H and O–H groups in total. The summed E-state index contributed by atoms with van der Waals surface area (Å²) in [6, 6.07) is 7.46. The molecule has 0 aliphatic heterocycles. The molecule has 0 radical (unpaired) electrons. The summed E-state index contributed by atoms with van der Waals surface area (Å²) in [6.07, 6.45) is 2.75. The molecule has 1 aromatic carbocycles. The fraction of sp³-hybridized carbons (Fsp3) is 0.571. The Kier molecular flexibility index (Phi) is 5.66. The number of rotatable bonds is 7. The van der Waals surface area contributed by atoms with E-state index in [2.05, 4.69) is 19.2 Å². The fourth-order valence-corrected chi connectivity index (χ4v) is 3.51. The van der Waals surface area contributed by atoms with Crippen LogP contribution in [0.2, 0.25) is 0 Å². The van der Waals surface area contributed by atoms with Gasteiger partial charge >= 0.3 is 0 Å². The highest BCUT2D eigenvalue weighted by atomic mass is 32.2. The minimum atomic E-state index is -3.16. The van der Waals surface area contributed by atoms with Crippen molar-refractivity contribution in [1.82, 2.24) is 0 Å². The Balaban J connectivity index is 3.00. The van der Waals surface area contributed by atoms with Crippen LogP contribution in [-0.2, 0) is 9.84 Å². The molecular weight excluding hydrogens is 246 g/mol. The van der Waals surface area contributed by atoms with Gasteiger partial charge in [0.1, 0.15) is 0 Å². The number of hydrogen-bond donors (Lipinski definition) is 1. The summed E-state index contributed by atoms with van der Waals surface area (Å²) in [5.74, 6) is 0.202. The van der Waals surface area contributed by atoms with Crippen LogP contribution in [0.5, 0.6) is 0 Å². The number of nitrogens with one attached hydrogen (secondary N) is 1. The molecule has 0 heterocycles. The van der Waals surface area contributed by atoms with Gasteiger partial charge in [-0.3, -0.25) is 0 Å². The molecule has 0 saturated heterocycles. The first-order chi connectivity index (χ1) is 8.51. The summed E-state index contributed by atoms with van der Waals surface area (Å²) in [6.45, 7) is 6.08. The number of anilines is 1. The van der Waals surface area contributed by atoms with Crippen LogP contribution in [0.25, 0.3) is 0 Å². The third-order valence-corrected chi connectivity index (χ3v) is 4.79. The average Bonchev–Trinajstić information content (AvgIpc) is 2.29. The Hall–Kier alpha value is -1.03. The van der Waals surface area contributed by atoms with Gasteiger partial charge in [-0.2, -0.15) is 0 Å². The molecule has 1 atom stereocenters. The molecule has 3 nitrogen and oxygen atoms in total. The molecule has 0 bridgehead atoms. The van der Waals surface area contributed by atoms with Crippen LogP contribution in [0.15, 0.2) is 29.2 Å². The van der Waals surface area contributed by atoms with Gasteiger partial charge in [-0.25, -0.2) is 8.42 Å². The Bertz CT molecular complexity index is 468. The van der Waals surface area contributed by atoms with E-state index in [1.807, 2.05) is 19.1 Å². The number of sulfone groups is 1. The van der Waals surface area contributed by atoms with Gasteiger partial charge in [0.2, 0.25) is 0 Å². The van der Waals surface area contributed by atoms with E-state index in [-0.39, 0.29) is 11.8 Å². The molecule has 0 saturated carbocycles. The third kappa shape index (κ3) is 4.02. The zero-order valence-corrected chi connectivity index (χ0v) is 12.3. The summed E-state index contributed by atoms with van der Waals surface area (Å²) < 4.78 is 24.3. The zero-order chi connectivity index (χ0) is 13.6. The van der Waals surface area contributed by atoms with Gasteiger partial charge < -0.3 is 5.32 Å². The minimum Gasteiger partial charge on any atom is -0.382 e. The highest BCUT2D eigenvalue weighted by molar-refractivity contribution is 7.91. The minimum absolute atomic E-state index is 0.202. The smallest absolute Gasteiger partial charge is 0.180 e. The van der Waals surface area contributed by atoms with Gasteiger partial charge in [0, 0.05) is 6.04 Å². The van der Waals surface area contributed by atoms with E-state index >= 15 is 0 Å². The lowest BCUT2D eigenvalue weighted by atomic mass is 10.2. The molecule has 1 unspecified atom stereocenters. The molecule has 0 aliphatic carbocycles. The van der Waals surface area contributed by atoms with Crippen molar-refractivity contribution in [2.75, 3.05) is 11.1 Å². The second kappa shape index (κ2) is 6.78. The van der Waals surface area contributed by atoms with Crippen LogP contribution in [0, 0.1) is 0 Å². The normalized spacial score (nSPS) is 13.3. The van der Waals surface area contributed by atoms with Crippen molar-refractivity contribution >= 4 is 15.5 Å². The first kappa shape index (κ1) is 15.0. The first-order valence-electron chi connectivity index (χ1n) is 6.59. The quantitative estimate of drug-likeness (QED) is 0.824. The topological polar surface area (TPSA) is 46.2 Å². The molecule has 4 heteroatoms. The molecule has 0 fully saturated rings. The zero-order valence-electron chi connectivity index (χ0n) is 11.4. The van der Waals surface area contributed by atoms with Gasteiger partial charge in [-0.05, 0) is 31.9 Å². The summed E-state index contributed by atoms with van der Waals surface area (Å²) >= 11 is 0. The summed E-state index contributed by atoms with van der Waals surface area (Å²) in [5.41, 5.74) is 0.729. The molecule has 1 aromatic rings. The van der Waals surface area contributed by atoms with Crippen LogP contribution < -0.4 is 5.32 Å². The van der Waals surface area contributed by atoms with Gasteiger partial charge in [0.05, 0.1) is 16.3 Å². The Morgan fingerprint density at radius 1 is 1.17 bits per heavy atom. The average molecular weight is 269 g/mol. The maximum Gasteiger partial charge on any atom is 0.180 e. The second-order valence-corrected chi connectivity index (χ2v) is 6.73. The predicted octanol–water partition coefficient (Wildman–Crippen LogP) is 3.47. The van der Waals surface area contributed by atoms with Gasteiger partial charge in [0.15, 0.2) is 9.84 Å². The highest BCUT2D eigenvalue weighted by Gasteiger charge is 2.17. The summed E-state index contributed by atoms with van der Waals surface area (Å²) in [5, 5.41) is 3.30. The van der Waals surface area contributed by atoms with Crippen molar-refractivity contribution < 1.29 is 8.42 Å². The molecule has 18 heavy (non-hydrogen) atoms. The molecule has 1 rings (SSSR count). The van der Waals surface area contributed by atoms with Gasteiger partial charge in [-0.15, -0.1) is 0 Å². The Labute approximate surface area is 111 Å². The van der Waals surface area contributed by atoms with E-state index in [9.17, 15) is 8.42 Å². The largest absolute Gasteiger partial charge is 0.382 e. The fourth-order valence-electron chi connectivity index (χ4n) is 2.01. The molecule has 102 valence electrons. The van der Waals surface area contributed by atoms with E-state index in [4.69, 9.17) is 0 Å². The summed E-state index contributed by atoms with van der Waals surface area (Å²) in [4.78, 5) is 0.426. The number of hydrogen-bond acceptors (Lipinski definition) is 3. The summed E-state index contributed by atoms with van der Waals surface area (Å²) in [7, 11) is -3.16. The van der Waals surface area contributed by atoms with Crippen LogP contribution in [-0.4, -0.2) is 20.2 Å². The lowest BCUT2D eigenvalue weighted by molar-refractivity contribution is 0.594. The SMILES string of the molecule is CCCC(C)Nc1ccccc1S(=O)(=O)CCC. The van der Waals surface area contributed by atoms with Crippen molar-refractivity contribution in [3.05, 3.63) is 24.3 Å². The van der Waals surface area contributed by atoms with Gasteiger partial charge in [0.25, 0.3) is 0 Å². The Morgan fingerprint density at radius 3 is 2.44 bits per heavy atom. The standard InChI is InChI=1S/C14H23NO2S/c1-4-8-12(3)15-13-9-6-7-10-14(13)18(16,17)11-5-2/h6-7,9-10,12,15H,4-5,8,11H2,1-3H3. The van der Waals surface area contributed by atoms with E-state index in [0.717, 1.165) is 18.5 Å². The lowest BCUT2D eigenvalue weighted by Gasteiger charge is -2.17. The third-order valence-electron chi connectivity index (χ3n) is 2.82. The van der Waals surface area contributed by atoms with Crippen molar-refractivity contribution in [2.45, 2.75) is 51.0 Å². The maximum absolute atomic E-state index is 12.2. The van der Waals surface area contributed by atoms with E-state index in [1.54, 1.807) is 12.1 Å². The number of para-hydroxylation sites is 1. The molecule has 0 amide bonds. The van der Waals surface area contributed by atoms with Crippen LogP contribution >= 0.6 is 0 Å². The maximum atomic E-state index is 12.2. The molecule has 0 spiro atoms. The highest BCUT2D eigenvalue weighted by Crippen LogP contribution is 2.23. The van der Waals surface area contributed by atoms with E-state index in [1.165, 1.54) is 0 Å². The van der Waals surface area contributed by atoms with Crippen molar-refractivity contribution in [3.63, 3.8) is 0 Å². The molecular formula is C14H23NO2S. The van der Waals surface area contributed by atoms with Crippen molar-refractivity contribution in [2.24, 2.45) is 0 Å². The van der Waals surface area contributed by atoms with E-state index in [0.29, 0.717) is 11.3 Å². The lowest BCUT2D eigenvalue weighted by Crippen LogP contribution is -2.17. The monoisotopic (exact) mass is 269 g/mol. The van der Waals surface area contributed by atoms with Gasteiger partial charge in [-0.1, -0.05) is 32.4 Å². The van der Waals surface area contributed by atoms with Crippen molar-refractivity contribution in [3.8, 4) is 0 Å². The van der Waals surface area contributed by atoms with Crippen molar-refractivity contribution in [1.29, 1.82) is 0 Å². The Morgan fingerprint density at radius 2 is 1.83 bits per heavy atom. The molecule has 0 aliphatic rings. The van der Waals surface area contributed by atoms with Crippen LogP contribution in [0.3, 0.4) is 0 Å². The van der Waals surface area contributed by atoms with Crippen LogP contribution in [0.4, 0.5) is 5.69 Å².